The third-order valence-corrected chi connectivity index (χ3v) is 9.46. The predicted octanol–water partition coefficient (Wildman–Crippen LogP) is 2.57. The molecule has 7 nitrogen and oxygen atoms in total. The Hall–Kier alpha value is -1.90. The Morgan fingerprint density at radius 3 is 2.71 bits per heavy atom. The van der Waals surface area contributed by atoms with Crippen molar-refractivity contribution < 1.29 is 18.9 Å². The number of rotatable bonds is 7. The van der Waals surface area contributed by atoms with E-state index < -0.39 is 7.12 Å². The highest BCUT2D eigenvalue weighted by atomic mass is 16.7. The molecule has 8 heteroatoms. The van der Waals surface area contributed by atoms with Crippen LogP contribution in [-0.2, 0) is 25.3 Å². The lowest BCUT2D eigenvalue weighted by Gasteiger charge is -2.64. The molecule has 6 atom stereocenters. The molecule has 3 N–H and O–H groups in total. The Kier molecular flexibility index (Phi) is 6.75. The van der Waals surface area contributed by atoms with Crippen molar-refractivity contribution in [3.63, 3.8) is 0 Å². The van der Waals surface area contributed by atoms with Crippen molar-refractivity contribution in [1.82, 2.24) is 10.2 Å². The van der Waals surface area contributed by atoms with Crippen molar-refractivity contribution in [1.29, 1.82) is 0 Å². The fourth-order valence-electron chi connectivity index (χ4n) is 7.27. The highest BCUT2D eigenvalue weighted by Gasteiger charge is 2.68. The molecule has 3 saturated carbocycles. The first-order valence-electron chi connectivity index (χ1n) is 13.3. The largest absolute Gasteiger partial charge is 0.482 e. The molecule has 2 aliphatic heterocycles. The summed E-state index contributed by atoms with van der Waals surface area (Å²) in [6.45, 7) is 8.28. The van der Waals surface area contributed by atoms with Gasteiger partial charge >= 0.3 is 7.12 Å². The van der Waals surface area contributed by atoms with E-state index in [4.69, 9.17) is 15.0 Å². The molecule has 5 aliphatic rings. The number of piperidine rings is 1. The molecule has 6 rings (SSSR count). The number of amides is 2. The van der Waals surface area contributed by atoms with Crippen LogP contribution in [0.1, 0.15) is 58.4 Å². The van der Waals surface area contributed by atoms with E-state index >= 15 is 0 Å². The molecule has 190 valence electrons. The summed E-state index contributed by atoms with van der Waals surface area (Å²) in [5.74, 6) is 0.996. The molecule has 35 heavy (non-hydrogen) atoms. The predicted molar refractivity (Wildman–Crippen MR) is 135 cm³/mol. The third-order valence-electron chi connectivity index (χ3n) is 9.46. The average molecular weight is 481 g/mol. The molecule has 3 aliphatic carbocycles. The van der Waals surface area contributed by atoms with Crippen molar-refractivity contribution in [2.75, 3.05) is 19.6 Å². The van der Waals surface area contributed by atoms with Crippen LogP contribution >= 0.6 is 0 Å². The van der Waals surface area contributed by atoms with Crippen LogP contribution in [0.4, 0.5) is 0 Å². The summed E-state index contributed by atoms with van der Waals surface area (Å²) in [7, 11) is -0.467. The number of hydrogen-bond donors (Lipinski definition) is 2. The van der Waals surface area contributed by atoms with Gasteiger partial charge in [-0.15, -0.1) is 0 Å². The molecule has 1 aromatic carbocycles. The summed E-state index contributed by atoms with van der Waals surface area (Å²) >= 11 is 0. The van der Waals surface area contributed by atoms with E-state index in [1.54, 1.807) is 4.90 Å². The fourth-order valence-corrected chi connectivity index (χ4v) is 7.27. The Bertz CT molecular complexity index is 944. The first-order chi connectivity index (χ1) is 16.7. The van der Waals surface area contributed by atoms with Gasteiger partial charge in [-0.25, -0.2) is 0 Å². The molecule has 2 bridgehead atoms. The van der Waals surface area contributed by atoms with Crippen LogP contribution in [0.15, 0.2) is 30.3 Å². The zero-order valence-electron chi connectivity index (χ0n) is 21.4. The molecule has 5 fully saturated rings. The monoisotopic (exact) mass is 481 g/mol. The summed E-state index contributed by atoms with van der Waals surface area (Å²) in [4.78, 5) is 27.1. The van der Waals surface area contributed by atoms with E-state index in [2.05, 4.69) is 38.2 Å². The molecule has 0 radical (unpaired) electrons. The average Bonchev–Trinajstić information content (AvgIpc) is 3.21. The Morgan fingerprint density at radius 2 is 2.00 bits per heavy atom. The van der Waals surface area contributed by atoms with Crippen LogP contribution in [0.3, 0.4) is 0 Å². The normalized spacial score (nSPS) is 34.1. The zero-order valence-corrected chi connectivity index (χ0v) is 21.4. The van der Waals surface area contributed by atoms with Crippen LogP contribution in [-0.4, -0.2) is 61.1 Å². The van der Waals surface area contributed by atoms with Crippen LogP contribution in [0, 0.1) is 23.2 Å². The van der Waals surface area contributed by atoms with Crippen LogP contribution < -0.4 is 11.1 Å². The highest BCUT2D eigenvalue weighted by Crippen LogP contribution is 2.65. The molecular formula is C27H40BN3O4. The summed E-state index contributed by atoms with van der Waals surface area (Å²) < 4.78 is 13.3. The maximum absolute atomic E-state index is 13.2. The fraction of sp³-hybridized carbons (Fsp3) is 0.704. The molecule has 1 aromatic rings. The number of nitrogens with two attached hydrogens (primary N) is 1. The van der Waals surface area contributed by atoms with Gasteiger partial charge in [0.15, 0.2) is 0 Å². The quantitative estimate of drug-likeness (QED) is 0.584. The van der Waals surface area contributed by atoms with E-state index in [0.717, 1.165) is 31.4 Å². The van der Waals surface area contributed by atoms with E-state index in [1.165, 1.54) is 6.42 Å². The Morgan fingerprint density at radius 1 is 1.23 bits per heavy atom. The summed E-state index contributed by atoms with van der Waals surface area (Å²) in [5.41, 5.74) is 6.66. The highest BCUT2D eigenvalue weighted by molar-refractivity contribution is 6.48. The maximum atomic E-state index is 13.2. The molecule has 2 heterocycles. The zero-order chi connectivity index (χ0) is 24.8. The standard InChI is InChI=1S/C27H40BN3O4/c1-26(2)20-14-21(26)27(3)22(15-20)34-28(35-27)23(12-18-8-5-4-6-9-18)30-24(32)13-19-10-7-11-31(17-19)25(33)16-29/h4-6,8-9,19-23H,7,10-17,29H2,1-3H3,(H,30,32)/t19?,20?,21?,22?,23?,27-/m0/s1. The SMILES string of the molecule is CC1(C)C2CC3OB(C(Cc4ccccc4)NC(=O)CC4CCCN(C(=O)CN)C4)O[C@@]3(C)C1C2. The second kappa shape index (κ2) is 9.53. The number of carbonyl (C=O) groups excluding carboxylic acids is 2. The van der Waals surface area contributed by atoms with Gasteiger partial charge in [0.25, 0.3) is 0 Å². The Labute approximate surface area is 209 Å². The second-order valence-corrected chi connectivity index (χ2v) is 12.0. The molecule has 2 amide bonds. The van der Waals surface area contributed by atoms with E-state index in [9.17, 15) is 9.59 Å². The van der Waals surface area contributed by atoms with Gasteiger partial charge in [-0.1, -0.05) is 44.2 Å². The van der Waals surface area contributed by atoms with Gasteiger partial charge in [0.1, 0.15) is 0 Å². The topological polar surface area (TPSA) is 93.9 Å². The lowest BCUT2D eigenvalue weighted by atomic mass is 9.43. The first-order valence-corrected chi connectivity index (χ1v) is 13.3. The lowest BCUT2D eigenvalue weighted by molar-refractivity contribution is -0.199. The number of likely N-dealkylation sites (tertiary alicyclic amines) is 1. The molecule has 2 saturated heterocycles. The minimum Gasteiger partial charge on any atom is -0.404 e. The van der Waals surface area contributed by atoms with Crippen molar-refractivity contribution in [3.05, 3.63) is 35.9 Å². The number of carbonyl (C=O) groups is 2. The second-order valence-electron chi connectivity index (χ2n) is 12.0. The first kappa shape index (κ1) is 24.8. The number of hydrogen-bond acceptors (Lipinski definition) is 5. The minimum absolute atomic E-state index is 0.00479. The van der Waals surface area contributed by atoms with Gasteiger partial charge < -0.3 is 25.3 Å². The van der Waals surface area contributed by atoms with Crippen LogP contribution in [0.5, 0.6) is 0 Å². The molecule has 0 aromatic heterocycles. The number of benzene rings is 1. The summed E-state index contributed by atoms with van der Waals surface area (Å²) in [6.07, 6.45) is 5.20. The van der Waals surface area contributed by atoms with E-state index in [1.807, 2.05) is 18.2 Å². The van der Waals surface area contributed by atoms with Crippen LogP contribution in [0.25, 0.3) is 0 Å². The molecule has 0 spiro atoms. The summed E-state index contributed by atoms with van der Waals surface area (Å²) in [5, 5.41) is 3.27. The van der Waals surface area contributed by atoms with Gasteiger partial charge in [0.05, 0.1) is 24.2 Å². The van der Waals surface area contributed by atoms with Gasteiger partial charge in [0, 0.05) is 19.5 Å². The van der Waals surface area contributed by atoms with Crippen molar-refractivity contribution >= 4 is 18.9 Å². The smallest absolute Gasteiger partial charge is 0.404 e. The van der Waals surface area contributed by atoms with Crippen molar-refractivity contribution in [3.8, 4) is 0 Å². The van der Waals surface area contributed by atoms with E-state index in [-0.39, 0.29) is 47.3 Å². The third kappa shape index (κ3) is 4.65. The van der Waals surface area contributed by atoms with E-state index in [0.29, 0.717) is 31.2 Å². The van der Waals surface area contributed by atoms with Gasteiger partial charge in [-0.05, 0) is 67.8 Å². The Balaban J connectivity index is 1.27. The molecule has 5 unspecified atom stereocenters. The van der Waals surface area contributed by atoms with Crippen LogP contribution in [0.2, 0.25) is 0 Å². The maximum Gasteiger partial charge on any atom is 0.482 e. The number of nitrogens with one attached hydrogen (secondary N) is 1. The van der Waals surface area contributed by atoms with Gasteiger partial charge in [0.2, 0.25) is 11.8 Å². The molecular weight excluding hydrogens is 441 g/mol. The minimum atomic E-state index is -0.467. The van der Waals surface area contributed by atoms with Crippen molar-refractivity contribution in [2.24, 2.45) is 28.9 Å². The lowest BCUT2D eigenvalue weighted by Crippen LogP contribution is -2.65. The summed E-state index contributed by atoms with van der Waals surface area (Å²) in [6, 6.07) is 10.2. The van der Waals surface area contributed by atoms with Crippen molar-refractivity contribution in [2.45, 2.75) is 76.9 Å². The van der Waals surface area contributed by atoms with Gasteiger partial charge in [-0.3, -0.25) is 9.59 Å². The number of nitrogens with zero attached hydrogens (tertiary/aromatic N) is 1. The van der Waals surface area contributed by atoms with Gasteiger partial charge in [-0.2, -0.15) is 0 Å².